The molecule has 3 rings (SSSR count). The van der Waals surface area contributed by atoms with Crippen LogP contribution in [0.25, 0.3) is 0 Å². The molecule has 2 aliphatic heterocycles. The molecule has 0 aliphatic carbocycles. The van der Waals surface area contributed by atoms with Gasteiger partial charge in [-0.25, -0.2) is 0 Å². The maximum atomic E-state index is 12.4. The molecule has 2 amide bonds. The summed E-state index contributed by atoms with van der Waals surface area (Å²) in [6, 6.07) is 6.13. The van der Waals surface area contributed by atoms with E-state index in [2.05, 4.69) is 6.07 Å². The number of benzene rings is 1. The predicted molar refractivity (Wildman–Crippen MR) is 83.8 cm³/mol. The fraction of sp³-hybridized carbons (Fsp3) is 0.529. The van der Waals surface area contributed by atoms with Gasteiger partial charge in [0.15, 0.2) is 0 Å². The fourth-order valence-electron chi connectivity index (χ4n) is 3.23. The highest BCUT2D eigenvalue weighted by molar-refractivity contribution is 5.98. The molecule has 2 aliphatic rings. The number of hydrogen-bond donors (Lipinski definition) is 0. The maximum absolute atomic E-state index is 12.4. The van der Waals surface area contributed by atoms with Crippen molar-refractivity contribution in [2.24, 2.45) is 5.92 Å². The van der Waals surface area contributed by atoms with Crippen LogP contribution in [0.3, 0.4) is 0 Å². The lowest BCUT2D eigenvalue weighted by Crippen LogP contribution is -2.53. The number of nitrogens with zero attached hydrogens (tertiary/aromatic N) is 2. The molecule has 0 aromatic heterocycles. The molecular formula is C17H22N2O3. The van der Waals surface area contributed by atoms with Crippen LogP contribution in [0.2, 0.25) is 0 Å². The van der Waals surface area contributed by atoms with Gasteiger partial charge >= 0.3 is 0 Å². The Morgan fingerprint density at radius 1 is 1.18 bits per heavy atom. The van der Waals surface area contributed by atoms with Gasteiger partial charge in [0.1, 0.15) is 6.54 Å². The Bertz CT molecular complexity index is 573. The quantitative estimate of drug-likeness (QED) is 0.832. The van der Waals surface area contributed by atoms with Gasteiger partial charge in [0, 0.05) is 25.4 Å². The van der Waals surface area contributed by atoms with Crippen molar-refractivity contribution in [3.05, 3.63) is 29.3 Å². The van der Waals surface area contributed by atoms with E-state index in [4.69, 9.17) is 4.74 Å². The molecule has 1 aromatic rings. The lowest BCUT2D eigenvalue weighted by atomic mass is 10.1. The van der Waals surface area contributed by atoms with Crippen molar-refractivity contribution >= 4 is 17.5 Å². The van der Waals surface area contributed by atoms with Crippen molar-refractivity contribution in [3.8, 4) is 0 Å². The van der Waals surface area contributed by atoms with Crippen LogP contribution in [0, 0.1) is 19.8 Å². The summed E-state index contributed by atoms with van der Waals surface area (Å²) in [5.41, 5.74) is 3.22. The molecule has 5 heteroatoms. The molecule has 1 unspecified atom stereocenters. The van der Waals surface area contributed by atoms with Crippen LogP contribution in [-0.4, -0.2) is 49.6 Å². The van der Waals surface area contributed by atoms with Crippen molar-refractivity contribution in [1.29, 1.82) is 0 Å². The van der Waals surface area contributed by atoms with Gasteiger partial charge in [0.2, 0.25) is 11.8 Å². The first-order valence-corrected chi connectivity index (χ1v) is 7.80. The van der Waals surface area contributed by atoms with Crippen molar-refractivity contribution < 1.29 is 14.3 Å². The van der Waals surface area contributed by atoms with Crippen LogP contribution in [0.15, 0.2) is 18.2 Å². The highest BCUT2D eigenvalue weighted by atomic mass is 16.5. The molecule has 0 N–H and O–H groups in total. The molecule has 22 heavy (non-hydrogen) atoms. The van der Waals surface area contributed by atoms with E-state index in [1.165, 1.54) is 0 Å². The topological polar surface area (TPSA) is 49.9 Å². The summed E-state index contributed by atoms with van der Waals surface area (Å²) in [7, 11) is 0. The second-order valence-electron chi connectivity index (χ2n) is 6.21. The Morgan fingerprint density at radius 2 is 1.91 bits per heavy atom. The number of carbonyl (C=O) groups is 2. The number of ether oxygens (including phenoxy) is 1. The van der Waals surface area contributed by atoms with Crippen molar-refractivity contribution in [1.82, 2.24) is 4.90 Å². The summed E-state index contributed by atoms with van der Waals surface area (Å²) in [6.07, 6.45) is 0.768. The minimum absolute atomic E-state index is 0.0106. The number of aryl methyl sites for hydroxylation is 2. The summed E-state index contributed by atoms with van der Waals surface area (Å²) >= 11 is 0. The third-order valence-electron chi connectivity index (χ3n) is 4.33. The first-order valence-electron chi connectivity index (χ1n) is 7.80. The molecule has 1 aromatic carbocycles. The van der Waals surface area contributed by atoms with Gasteiger partial charge < -0.3 is 14.5 Å². The molecule has 0 spiro atoms. The van der Waals surface area contributed by atoms with E-state index in [9.17, 15) is 9.59 Å². The normalized spacial score (nSPS) is 22.3. The van der Waals surface area contributed by atoms with E-state index >= 15 is 0 Å². The van der Waals surface area contributed by atoms with E-state index in [-0.39, 0.29) is 24.3 Å². The molecule has 0 radical (unpaired) electrons. The number of rotatable bonds is 2. The first-order chi connectivity index (χ1) is 10.5. The molecule has 2 saturated heterocycles. The lowest BCUT2D eigenvalue weighted by Gasteiger charge is -2.35. The molecule has 0 saturated carbocycles. The van der Waals surface area contributed by atoms with Gasteiger partial charge in [-0.2, -0.15) is 0 Å². The Morgan fingerprint density at radius 3 is 2.50 bits per heavy atom. The van der Waals surface area contributed by atoms with Crippen LogP contribution in [0.4, 0.5) is 5.69 Å². The zero-order valence-corrected chi connectivity index (χ0v) is 13.2. The zero-order chi connectivity index (χ0) is 15.7. The summed E-state index contributed by atoms with van der Waals surface area (Å²) < 4.78 is 5.27. The second kappa shape index (κ2) is 6.08. The average Bonchev–Trinajstić information content (AvgIpc) is 2.99. The first kappa shape index (κ1) is 15.0. The Labute approximate surface area is 130 Å². The third-order valence-corrected chi connectivity index (χ3v) is 4.33. The molecule has 1 atom stereocenters. The van der Waals surface area contributed by atoms with Gasteiger partial charge in [0.25, 0.3) is 0 Å². The SMILES string of the molecule is Cc1cc(C)cc(N2CCN(C(=O)C3CCOC3)CC2=O)c1. The summed E-state index contributed by atoms with van der Waals surface area (Å²) in [5.74, 6) is -0.0185. The molecule has 5 nitrogen and oxygen atoms in total. The minimum Gasteiger partial charge on any atom is -0.381 e. The number of hydrogen-bond acceptors (Lipinski definition) is 3. The molecule has 2 heterocycles. The van der Waals surface area contributed by atoms with E-state index in [0.717, 1.165) is 23.2 Å². The van der Waals surface area contributed by atoms with E-state index in [0.29, 0.717) is 26.3 Å². The summed E-state index contributed by atoms with van der Waals surface area (Å²) in [4.78, 5) is 28.3. The average molecular weight is 302 g/mol. The number of carbonyl (C=O) groups excluding carboxylic acids is 2. The van der Waals surface area contributed by atoms with E-state index in [1.54, 1.807) is 9.80 Å². The smallest absolute Gasteiger partial charge is 0.246 e. The van der Waals surface area contributed by atoms with Gasteiger partial charge in [-0.05, 0) is 43.5 Å². The standard InChI is InChI=1S/C17H22N2O3/c1-12-7-13(2)9-15(8-12)19-5-4-18(10-16(19)20)17(21)14-3-6-22-11-14/h7-9,14H,3-6,10-11H2,1-2H3. The number of piperazine rings is 1. The second-order valence-corrected chi connectivity index (χ2v) is 6.21. The Balaban J connectivity index is 1.69. The molecule has 2 fully saturated rings. The third kappa shape index (κ3) is 2.99. The molecule has 118 valence electrons. The summed E-state index contributed by atoms with van der Waals surface area (Å²) in [6.45, 7) is 6.51. The van der Waals surface area contributed by atoms with E-state index in [1.807, 2.05) is 26.0 Å². The van der Waals surface area contributed by atoms with Gasteiger partial charge in [0.05, 0.1) is 12.5 Å². The van der Waals surface area contributed by atoms with Crippen LogP contribution >= 0.6 is 0 Å². The maximum Gasteiger partial charge on any atom is 0.246 e. The fourth-order valence-corrected chi connectivity index (χ4v) is 3.23. The number of amides is 2. The van der Waals surface area contributed by atoms with Crippen LogP contribution in [0.1, 0.15) is 17.5 Å². The van der Waals surface area contributed by atoms with Gasteiger partial charge in [-0.15, -0.1) is 0 Å². The minimum atomic E-state index is -0.0689. The largest absolute Gasteiger partial charge is 0.381 e. The highest BCUT2D eigenvalue weighted by Crippen LogP contribution is 2.22. The monoisotopic (exact) mass is 302 g/mol. The Hall–Kier alpha value is -1.88. The van der Waals surface area contributed by atoms with Gasteiger partial charge in [-0.1, -0.05) is 6.07 Å². The highest BCUT2D eigenvalue weighted by Gasteiger charge is 2.33. The van der Waals surface area contributed by atoms with Crippen molar-refractivity contribution in [2.75, 3.05) is 37.7 Å². The number of anilines is 1. The molecule has 0 bridgehead atoms. The van der Waals surface area contributed by atoms with Crippen molar-refractivity contribution in [3.63, 3.8) is 0 Å². The molecular weight excluding hydrogens is 280 g/mol. The van der Waals surface area contributed by atoms with Crippen molar-refractivity contribution in [2.45, 2.75) is 20.3 Å². The van der Waals surface area contributed by atoms with Crippen LogP contribution in [-0.2, 0) is 14.3 Å². The summed E-state index contributed by atoms with van der Waals surface area (Å²) in [5, 5.41) is 0. The van der Waals surface area contributed by atoms with Crippen LogP contribution in [0.5, 0.6) is 0 Å². The lowest BCUT2D eigenvalue weighted by molar-refractivity contribution is -0.140. The van der Waals surface area contributed by atoms with E-state index < -0.39 is 0 Å². The van der Waals surface area contributed by atoms with Gasteiger partial charge in [-0.3, -0.25) is 9.59 Å². The zero-order valence-electron chi connectivity index (χ0n) is 13.2. The predicted octanol–water partition coefficient (Wildman–Crippen LogP) is 1.52. The van der Waals surface area contributed by atoms with Crippen LogP contribution < -0.4 is 4.90 Å². The Kier molecular flexibility index (Phi) is 4.16.